The number of benzene rings is 1. The highest BCUT2D eigenvalue weighted by Gasteiger charge is 2.44. The van der Waals surface area contributed by atoms with E-state index in [4.69, 9.17) is 14.2 Å². The fourth-order valence-corrected chi connectivity index (χ4v) is 3.52. The number of halogens is 1. The molecular formula is C19H25FN2O5. The second-order valence-electron chi connectivity index (χ2n) is 6.89. The summed E-state index contributed by atoms with van der Waals surface area (Å²) in [6.07, 6.45) is 1.54. The van der Waals surface area contributed by atoms with Crippen molar-refractivity contribution in [3.8, 4) is 0 Å². The fraction of sp³-hybridized carbons (Fsp3) is 0.579. The molecule has 0 aromatic heterocycles. The van der Waals surface area contributed by atoms with Crippen LogP contribution in [0.25, 0.3) is 0 Å². The average molecular weight is 380 g/mol. The predicted octanol–water partition coefficient (Wildman–Crippen LogP) is 1.21. The van der Waals surface area contributed by atoms with Crippen LogP contribution in [0, 0.1) is 5.82 Å². The van der Waals surface area contributed by atoms with E-state index in [-0.39, 0.29) is 30.8 Å². The van der Waals surface area contributed by atoms with Crippen LogP contribution in [0.4, 0.5) is 10.1 Å². The van der Waals surface area contributed by atoms with Gasteiger partial charge < -0.3 is 24.0 Å². The standard InChI is InChI=1S/C19H25FN2O5/c1-25-9-10-26-11-17(23)21-8-2-7-19(13-21)14-22(18(24)12-27-19)16-5-3-15(20)4-6-16/h3-6H,2,7-14H2,1H3. The van der Waals surface area contributed by atoms with Gasteiger partial charge in [-0.15, -0.1) is 0 Å². The lowest BCUT2D eigenvalue weighted by Gasteiger charge is -2.47. The number of morpholine rings is 1. The van der Waals surface area contributed by atoms with E-state index in [0.717, 1.165) is 12.8 Å². The van der Waals surface area contributed by atoms with Crippen LogP contribution in [0.1, 0.15) is 12.8 Å². The van der Waals surface area contributed by atoms with Crippen LogP contribution in [-0.2, 0) is 23.8 Å². The van der Waals surface area contributed by atoms with Crippen LogP contribution < -0.4 is 4.90 Å². The van der Waals surface area contributed by atoms with Crippen molar-refractivity contribution in [1.82, 2.24) is 4.90 Å². The van der Waals surface area contributed by atoms with Crippen molar-refractivity contribution < 1.29 is 28.2 Å². The minimum atomic E-state index is -0.608. The Morgan fingerprint density at radius 1 is 1.26 bits per heavy atom. The number of hydrogen-bond donors (Lipinski definition) is 0. The molecule has 2 amide bonds. The summed E-state index contributed by atoms with van der Waals surface area (Å²) in [6, 6.07) is 5.83. The van der Waals surface area contributed by atoms with Gasteiger partial charge in [0, 0.05) is 19.3 Å². The van der Waals surface area contributed by atoms with Gasteiger partial charge in [0.05, 0.1) is 26.3 Å². The zero-order chi connectivity index (χ0) is 19.3. The van der Waals surface area contributed by atoms with Gasteiger partial charge in [0.15, 0.2) is 0 Å². The number of rotatable bonds is 6. The van der Waals surface area contributed by atoms with Gasteiger partial charge in [-0.2, -0.15) is 0 Å². The summed E-state index contributed by atoms with van der Waals surface area (Å²) in [6.45, 7) is 2.14. The summed E-state index contributed by atoms with van der Waals surface area (Å²) in [5, 5.41) is 0. The van der Waals surface area contributed by atoms with Crippen LogP contribution in [0.15, 0.2) is 24.3 Å². The minimum Gasteiger partial charge on any atom is -0.382 e. The largest absolute Gasteiger partial charge is 0.382 e. The van der Waals surface area contributed by atoms with Crippen molar-refractivity contribution >= 4 is 17.5 Å². The molecule has 2 heterocycles. The number of piperidine rings is 1. The Hall–Kier alpha value is -2.03. The third kappa shape index (κ3) is 4.82. The van der Waals surface area contributed by atoms with Gasteiger partial charge in [-0.3, -0.25) is 9.59 Å². The van der Waals surface area contributed by atoms with E-state index in [0.29, 0.717) is 38.5 Å². The van der Waals surface area contributed by atoms with E-state index in [9.17, 15) is 14.0 Å². The number of methoxy groups -OCH3 is 1. The highest BCUT2D eigenvalue weighted by Crippen LogP contribution is 2.32. The van der Waals surface area contributed by atoms with E-state index in [1.54, 1.807) is 29.0 Å². The molecule has 3 rings (SSSR count). The van der Waals surface area contributed by atoms with E-state index in [1.165, 1.54) is 12.1 Å². The summed E-state index contributed by atoms with van der Waals surface area (Å²) in [5.74, 6) is -0.616. The summed E-state index contributed by atoms with van der Waals surface area (Å²) in [4.78, 5) is 28.1. The first-order valence-electron chi connectivity index (χ1n) is 9.07. The molecule has 2 aliphatic heterocycles. The number of carbonyl (C=O) groups excluding carboxylic acids is 2. The number of likely N-dealkylation sites (tertiary alicyclic amines) is 1. The number of carbonyl (C=O) groups is 2. The maximum Gasteiger partial charge on any atom is 0.253 e. The second-order valence-corrected chi connectivity index (χ2v) is 6.89. The van der Waals surface area contributed by atoms with Crippen molar-refractivity contribution in [1.29, 1.82) is 0 Å². The lowest BCUT2D eigenvalue weighted by Crippen LogP contribution is -2.62. The quantitative estimate of drug-likeness (QED) is 0.694. The monoisotopic (exact) mass is 380 g/mol. The number of hydrogen-bond acceptors (Lipinski definition) is 5. The molecule has 1 unspecified atom stereocenters. The topological polar surface area (TPSA) is 68.3 Å². The van der Waals surface area contributed by atoms with Gasteiger partial charge in [0.2, 0.25) is 5.91 Å². The smallest absolute Gasteiger partial charge is 0.253 e. The molecule has 0 radical (unpaired) electrons. The Morgan fingerprint density at radius 3 is 2.78 bits per heavy atom. The molecule has 0 N–H and O–H groups in total. The average Bonchev–Trinajstić information content (AvgIpc) is 2.68. The van der Waals surface area contributed by atoms with Gasteiger partial charge in [0.25, 0.3) is 5.91 Å². The SMILES string of the molecule is COCCOCC(=O)N1CCCC2(C1)CN(c1ccc(F)cc1)C(=O)CO2. The van der Waals surface area contributed by atoms with Crippen molar-refractivity contribution in [2.75, 3.05) is 58.1 Å². The Bertz CT molecular complexity index is 669. The van der Waals surface area contributed by atoms with E-state index >= 15 is 0 Å². The van der Waals surface area contributed by atoms with Gasteiger partial charge in [-0.25, -0.2) is 4.39 Å². The molecule has 0 bridgehead atoms. The third-order valence-electron chi connectivity index (χ3n) is 4.94. The molecule has 1 atom stereocenters. The zero-order valence-corrected chi connectivity index (χ0v) is 15.5. The molecule has 0 aliphatic carbocycles. The second kappa shape index (κ2) is 8.77. The Labute approximate surface area is 158 Å². The van der Waals surface area contributed by atoms with Crippen LogP contribution in [0.2, 0.25) is 0 Å². The van der Waals surface area contributed by atoms with Crippen LogP contribution in [0.5, 0.6) is 0 Å². The van der Waals surface area contributed by atoms with Crippen molar-refractivity contribution in [3.05, 3.63) is 30.1 Å². The summed E-state index contributed by atoms with van der Waals surface area (Å²) in [5.41, 5.74) is 0.0263. The van der Waals surface area contributed by atoms with Crippen molar-refractivity contribution in [2.45, 2.75) is 18.4 Å². The molecule has 7 nitrogen and oxygen atoms in total. The molecule has 1 aromatic rings. The molecule has 148 valence electrons. The zero-order valence-electron chi connectivity index (χ0n) is 15.5. The lowest BCUT2D eigenvalue weighted by atomic mass is 9.90. The van der Waals surface area contributed by atoms with Crippen LogP contribution in [0.3, 0.4) is 0 Å². The Kier molecular flexibility index (Phi) is 6.41. The van der Waals surface area contributed by atoms with Crippen molar-refractivity contribution in [2.24, 2.45) is 0 Å². The number of nitrogens with zero attached hydrogens (tertiary/aromatic N) is 2. The lowest BCUT2D eigenvalue weighted by molar-refractivity contribution is -0.156. The molecule has 1 aromatic carbocycles. The molecule has 0 saturated carbocycles. The summed E-state index contributed by atoms with van der Waals surface area (Å²) in [7, 11) is 1.58. The number of amides is 2. The molecule has 8 heteroatoms. The van der Waals surface area contributed by atoms with E-state index in [2.05, 4.69) is 0 Å². The van der Waals surface area contributed by atoms with Crippen LogP contribution >= 0.6 is 0 Å². The molecule has 2 aliphatic rings. The fourth-order valence-electron chi connectivity index (χ4n) is 3.52. The first-order valence-corrected chi connectivity index (χ1v) is 9.07. The van der Waals surface area contributed by atoms with Gasteiger partial charge in [-0.1, -0.05) is 0 Å². The van der Waals surface area contributed by atoms with E-state index < -0.39 is 5.60 Å². The highest BCUT2D eigenvalue weighted by molar-refractivity contribution is 5.95. The predicted molar refractivity (Wildman–Crippen MR) is 95.9 cm³/mol. The van der Waals surface area contributed by atoms with Gasteiger partial charge >= 0.3 is 0 Å². The maximum atomic E-state index is 13.2. The Balaban J connectivity index is 1.65. The summed E-state index contributed by atoms with van der Waals surface area (Å²) < 4.78 is 29.3. The molecule has 2 saturated heterocycles. The summed E-state index contributed by atoms with van der Waals surface area (Å²) >= 11 is 0. The minimum absolute atomic E-state index is 0.0000466. The molecular weight excluding hydrogens is 355 g/mol. The number of ether oxygens (including phenoxy) is 3. The molecule has 1 spiro atoms. The highest BCUT2D eigenvalue weighted by atomic mass is 19.1. The van der Waals surface area contributed by atoms with Crippen molar-refractivity contribution in [3.63, 3.8) is 0 Å². The normalized spacial score (nSPS) is 23.1. The van der Waals surface area contributed by atoms with Crippen LogP contribution in [-0.4, -0.2) is 75.5 Å². The number of anilines is 1. The van der Waals surface area contributed by atoms with Gasteiger partial charge in [-0.05, 0) is 37.1 Å². The maximum absolute atomic E-state index is 13.2. The van der Waals surface area contributed by atoms with E-state index in [1.807, 2.05) is 0 Å². The third-order valence-corrected chi connectivity index (χ3v) is 4.94. The first-order chi connectivity index (χ1) is 13.0. The molecule has 2 fully saturated rings. The van der Waals surface area contributed by atoms with Gasteiger partial charge in [0.1, 0.15) is 24.6 Å². The Morgan fingerprint density at radius 2 is 2.04 bits per heavy atom. The molecule has 27 heavy (non-hydrogen) atoms. The first kappa shape index (κ1) is 19.7.